The molecule has 0 radical (unpaired) electrons. The number of aromatic nitrogens is 2. The molecular formula is C13H9N3O3. The Morgan fingerprint density at radius 1 is 1.32 bits per heavy atom. The van der Waals surface area contributed by atoms with Crippen molar-refractivity contribution >= 4 is 5.97 Å². The largest absolute Gasteiger partial charge is 0.481 e. The van der Waals surface area contributed by atoms with Crippen LogP contribution in [0, 0.1) is 11.3 Å². The van der Waals surface area contributed by atoms with E-state index >= 15 is 0 Å². The van der Waals surface area contributed by atoms with Crippen LogP contribution in [0.2, 0.25) is 0 Å². The van der Waals surface area contributed by atoms with Crippen molar-refractivity contribution in [1.82, 2.24) is 9.97 Å². The van der Waals surface area contributed by atoms with E-state index in [1.54, 1.807) is 24.3 Å². The zero-order chi connectivity index (χ0) is 13.7. The predicted molar refractivity (Wildman–Crippen MR) is 64.6 cm³/mol. The lowest BCUT2D eigenvalue weighted by atomic mass is 10.1. The van der Waals surface area contributed by atoms with Crippen LogP contribution in [0.25, 0.3) is 0 Å². The van der Waals surface area contributed by atoms with E-state index in [9.17, 15) is 4.79 Å². The zero-order valence-corrected chi connectivity index (χ0v) is 9.78. The van der Waals surface area contributed by atoms with Crippen molar-refractivity contribution in [3.8, 4) is 17.7 Å². The number of carbonyl (C=O) groups is 1. The van der Waals surface area contributed by atoms with Gasteiger partial charge in [-0.25, -0.2) is 9.97 Å². The number of nitriles is 1. The molecule has 1 heterocycles. The fourth-order valence-electron chi connectivity index (χ4n) is 1.49. The van der Waals surface area contributed by atoms with Gasteiger partial charge in [-0.2, -0.15) is 5.26 Å². The standard InChI is InChI=1S/C13H9N3O3/c14-8-10-13(16-6-5-15-10)19-11-4-2-1-3-9(11)7-12(17)18/h1-6H,7H2,(H,17,18). The second kappa shape index (κ2) is 5.60. The highest BCUT2D eigenvalue weighted by Crippen LogP contribution is 2.25. The fraction of sp³-hybridized carbons (Fsp3) is 0.0769. The molecule has 0 fully saturated rings. The molecule has 0 atom stereocenters. The first-order valence-corrected chi connectivity index (χ1v) is 5.39. The molecule has 1 N–H and O–H groups in total. The number of aliphatic carboxylic acids is 1. The summed E-state index contributed by atoms with van der Waals surface area (Å²) < 4.78 is 5.47. The second-order valence-electron chi connectivity index (χ2n) is 3.60. The Bertz CT molecular complexity index is 650. The molecular weight excluding hydrogens is 246 g/mol. The Hall–Kier alpha value is -2.94. The molecule has 2 rings (SSSR count). The SMILES string of the molecule is N#Cc1nccnc1Oc1ccccc1CC(=O)O. The van der Waals surface area contributed by atoms with E-state index in [-0.39, 0.29) is 18.0 Å². The Labute approximate surface area is 108 Å². The molecule has 2 aromatic rings. The maximum Gasteiger partial charge on any atom is 0.307 e. The molecule has 0 amide bonds. The molecule has 0 spiro atoms. The first-order chi connectivity index (χ1) is 9.20. The Morgan fingerprint density at radius 2 is 2.05 bits per heavy atom. The van der Waals surface area contributed by atoms with Gasteiger partial charge in [0.25, 0.3) is 5.88 Å². The van der Waals surface area contributed by atoms with Gasteiger partial charge in [0.05, 0.1) is 6.42 Å². The van der Waals surface area contributed by atoms with Gasteiger partial charge in [0, 0.05) is 18.0 Å². The molecule has 6 heteroatoms. The molecule has 0 unspecified atom stereocenters. The number of rotatable bonds is 4. The molecule has 6 nitrogen and oxygen atoms in total. The molecule has 1 aromatic heterocycles. The van der Waals surface area contributed by atoms with Crippen molar-refractivity contribution in [2.24, 2.45) is 0 Å². The summed E-state index contributed by atoms with van der Waals surface area (Å²) in [6.45, 7) is 0. The molecule has 0 bridgehead atoms. The summed E-state index contributed by atoms with van der Waals surface area (Å²) in [7, 11) is 0. The highest BCUT2D eigenvalue weighted by Gasteiger charge is 2.11. The molecule has 0 aliphatic heterocycles. The van der Waals surface area contributed by atoms with Crippen molar-refractivity contribution in [2.75, 3.05) is 0 Å². The minimum atomic E-state index is -0.962. The number of hydrogen-bond donors (Lipinski definition) is 1. The molecule has 0 saturated carbocycles. The van der Waals surface area contributed by atoms with Gasteiger partial charge in [0.1, 0.15) is 11.8 Å². The quantitative estimate of drug-likeness (QED) is 0.894. The van der Waals surface area contributed by atoms with Gasteiger partial charge in [-0.15, -0.1) is 0 Å². The van der Waals surface area contributed by atoms with E-state index in [2.05, 4.69) is 9.97 Å². The van der Waals surface area contributed by atoms with Crippen molar-refractivity contribution < 1.29 is 14.6 Å². The van der Waals surface area contributed by atoms with Crippen LogP contribution < -0.4 is 4.74 Å². The normalized spacial score (nSPS) is 9.63. The van der Waals surface area contributed by atoms with Gasteiger partial charge in [0.2, 0.25) is 5.69 Å². The molecule has 94 valence electrons. The Morgan fingerprint density at radius 3 is 2.79 bits per heavy atom. The zero-order valence-electron chi connectivity index (χ0n) is 9.78. The topological polar surface area (TPSA) is 96.1 Å². The van der Waals surface area contributed by atoms with E-state index < -0.39 is 5.97 Å². The predicted octanol–water partition coefficient (Wildman–Crippen LogP) is 1.77. The number of ether oxygens (including phenoxy) is 1. The molecule has 1 aromatic carbocycles. The average Bonchev–Trinajstić information content (AvgIpc) is 2.41. The van der Waals surface area contributed by atoms with Crippen LogP contribution in [0.1, 0.15) is 11.3 Å². The Kier molecular flexibility index (Phi) is 3.69. The molecule has 0 aliphatic carbocycles. The third-order valence-corrected chi connectivity index (χ3v) is 2.29. The number of hydrogen-bond acceptors (Lipinski definition) is 5. The lowest BCUT2D eigenvalue weighted by Gasteiger charge is -2.09. The number of benzene rings is 1. The monoisotopic (exact) mass is 255 g/mol. The summed E-state index contributed by atoms with van der Waals surface area (Å²) in [5, 5.41) is 17.7. The molecule has 0 aliphatic rings. The number of carboxylic acids is 1. The summed E-state index contributed by atoms with van der Waals surface area (Å²) >= 11 is 0. The summed E-state index contributed by atoms with van der Waals surface area (Å²) in [6.07, 6.45) is 2.61. The van der Waals surface area contributed by atoms with E-state index in [0.717, 1.165) is 0 Å². The van der Waals surface area contributed by atoms with Gasteiger partial charge in [-0.3, -0.25) is 4.79 Å². The van der Waals surface area contributed by atoms with E-state index in [0.29, 0.717) is 11.3 Å². The van der Waals surface area contributed by atoms with Crippen LogP contribution in [-0.4, -0.2) is 21.0 Å². The second-order valence-corrected chi connectivity index (χ2v) is 3.60. The smallest absolute Gasteiger partial charge is 0.307 e. The van der Waals surface area contributed by atoms with E-state index in [4.69, 9.17) is 15.1 Å². The Balaban J connectivity index is 2.33. The summed E-state index contributed by atoms with van der Waals surface area (Å²) in [5.74, 6) is -0.555. The minimum absolute atomic E-state index is 0.0487. The van der Waals surface area contributed by atoms with Crippen molar-refractivity contribution in [3.05, 3.63) is 47.9 Å². The summed E-state index contributed by atoms with van der Waals surface area (Å²) in [6, 6.07) is 8.55. The first kappa shape index (κ1) is 12.5. The van der Waals surface area contributed by atoms with Gasteiger partial charge in [0.15, 0.2) is 0 Å². The highest BCUT2D eigenvalue weighted by atomic mass is 16.5. The van der Waals surface area contributed by atoms with Gasteiger partial charge in [-0.05, 0) is 6.07 Å². The summed E-state index contributed by atoms with van der Waals surface area (Å²) in [5.41, 5.74) is 0.553. The van der Waals surface area contributed by atoms with Gasteiger partial charge in [-0.1, -0.05) is 18.2 Å². The summed E-state index contributed by atoms with van der Waals surface area (Å²) in [4.78, 5) is 18.5. The fourth-order valence-corrected chi connectivity index (χ4v) is 1.49. The minimum Gasteiger partial charge on any atom is -0.481 e. The lowest BCUT2D eigenvalue weighted by Crippen LogP contribution is -2.03. The lowest BCUT2D eigenvalue weighted by molar-refractivity contribution is -0.136. The van der Waals surface area contributed by atoms with Crippen LogP contribution in [0.3, 0.4) is 0 Å². The number of carboxylic acid groups (broad SMARTS) is 1. The van der Waals surface area contributed by atoms with E-state index in [1.165, 1.54) is 12.4 Å². The van der Waals surface area contributed by atoms with Gasteiger partial charge < -0.3 is 9.84 Å². The van der Waals surface area contributed by atoms with Crippen LogP contribution in [0.4, 0.5) is 0 Å². The number of para-hydroxylation sites is 1. The van der Waals surface area contributed by atoms with Gasteiger partial charge >= 0.3 is 5.97 Å². The third kappa shape index (κ3) is 3.04. The first-order valence-electron chi connectivity index (χ1n) is 5.39. The average molecular weight is 255 g/mol. The van der Waals surface area contributed by atoms with E-state index in [1.807, 2.05) is 6.07 Å². The van der Waals surface area contributed by atoms with Crippen LogP contribution in [0.15, 0.2) is 36.7 Å². The molecule has 19 heavy (non-hydrogen) atoms. The third-order valence-electron chi connectivity index (χ3n) is 2.29. The maximum absolute atomic E-state index is 10.8. The van der Waals surface area contributed by atoms with Crippen molar-refractivity contribution in [2.45, 2.75) is 6.42 Å². The maximum atomic E-state index is 10.8. The number of nitrogens with zero attached hydrogens (tertiary/aromatic N) is 3. The van der Waals surface area contributed by atoms with Crippen LogP contribution in [0.5, 0.6) is 11.6 Å². The van der Waals surface area contributed by atoms with Crippen LogP contribution in [-0.2, 0) is 11.2 Å². The van der Waals surface area contributed by atoms with Crippen LogP contribution >= 0.6 is 0 Å². The van der Waals surface area contributed by atoms with Crippen molar-refractivity contribution in [1.29, 1.82) is 5.26 Å². The molecule has 0 saturated heterocycles. The van der Waals surface area contributed by atoms with Crippen molar-refractivity contribution in [3.63, 3.8) is 0 Å². The highest BCUT2D eigenvalue weighted by molar-refractivity contribution is 5.71.